The number of rotatable bonds is 4. The average Bonchev–Trinajstić information content (AvgIpc) is 3.01. The molecule has 0 unspecified atom stereocenters. The zero-order chi connectivity index (χ0) is 16.4. The van der Waals surface area contributed by atoms with Crippen LogP contribution in [0.4, 0.5) is 0 Å². The summed E-state index contributed by atoms with van der Waals surface area (Å²) in [5.74, 6) is 0.417. The number of aryl methyl sites for hydroxylation is 1. The molecular formula is C16H27N3O2S2. The monoisotopic (exact) mass is 357 g/mol. The maximum absolute atomic E-state index is 12.9. The van der Waals surface area contributed by atoms with Crippen molar-refractivity contribution in [1.82, 2.24) is 13.6 Å². The van der Waals surface area contributed by atoms with E-state index < -0.39 is 10.2 Å². The minimum Gasteiger partial charge on any atom is -0.246 e. The maximum Gasteiger partial charge on any atom is 0.281 e. The summed E-state index contributed by atoms with van der Waals surface area (Å²) in [6, 6.07) is 0.188. The highest BCUT2D eigenvalue weighted by molar-refractivity contribution is 7.86. The second-order valence-electron chi connectivity index (χ2n) is 6.82. The van der Waals surface area contributed by atoms with Crippen molar-refractivity contribution in [2.45, 2.75) is 63.8 Å². The van der Waals surface area contributed by atoms with Gasteiger partial charge in [0, 0.05) is 43.2 Å². The van der Waals surface area contributed by atoms with Crippen molar-refractivity contribution in [2.75, 3.05) is 20.1 Å². The summed E-state index contributed by atoms with van der Waals surface area (Å²) in [7, 11) is -1.55. The highest BCUT2D eigenvalue weighted by Crippen LogP contribution is 2.32. The summed E-state index contributed by atoms with van der Waals surface area (Å²) < 4.78 is 29.1. The number of nitrogens with zero attached hydrogens (tertiary/aromatic N) is 3. The molecule has 1 aromatic rings. The molecule has 2 aliphatic rings. The first-order valence-electron chi connectivity index (χ1n) is 8.63. The fourth-order valence-corrected chi connectivity index (χ4v) is 6.30. The predicted molar refractivity (Wildman–Crippen MR) is 94.0 cm³/mol. The van der Waals surface area contributed by atoms with Crippen LogP contribution >= 0.6 is 11.3 Å². The Balaban J connectivity index is 1.61. The van der Waals surface area contributed by atoms with Crippen molar-refractivity contribution < 1.29 is 8.42 Å². The number of hydrogen-bond donors (Lipinski definition) is 0. The van der Waals surface area contributed by atoms with Gasteiger partial charge in [-0.15, -0.1) is 11.3 Å². The first-order chi connectivity index (χ1) is 11.0. The summed E-state index contributed by atoms with van der Waals surface area (Å²) in [5, 5.41) is 3.25. The summed E-state index contributed by atoms with van der Waals surface area (Å²) in [4.78, 5) is 4.57. The van der Waals surface area contributed by atoms with Crippen molar-refractivity contribution in [1.29, 1.82) is 0 Å². The van der Waals surface area contributed by atoms with E-state index in [1.165, 1.54) is 11.4 Å². The molecule has 0 aromatic carbocycles. The number of piperidine rings is 1. The predicted octanol–water partition coefficient (Wildman–Crippen LogP) is 3.14. The van der Waals surface area contributed by atoms with Gasteiger partial charge in [0.05, 0.1) is 5.01 Å². The maximum atomic E-state index is 12.9. The zero-order valence-corrected chi connectivity index (χ0v) is 15.7. The van der Waals surface area contributed by atoms with E-state index in [9.17, 15) is 8.42 Å². The largest absolute Gasteiger partial charge is 0.281 e. The molecule has 0 spiro atoms. The third kappa shape index (κ3) is 3.78. The molecule has 7 heteroatoms. The van der Waals surface area contributed by atoms with E-state index in [1.807, 2.05) is 6.92 Å². The number of aromatic nitrogens is 1. The molecule has 3 rings (SSSR count). The molecule has 23 heavy (non-hydrogen) atoms. The van der Waals surface area contributed by atoms with Crippen molar-refractivity contribution in [3.05, 3.63) is 16.1 Å². The van der Waals surface area contributed by atoms with Gasteiger partial charge in [-0.1, -0.05) is 19.3 Å². The topological polar surface area (TPSA) is 53.5 Å². The normalized spacial score (nSPS) is 22.7. The lowest BCUT2D eigenvalue weighted by Crippen LogP contribution is -2.49. The zero-order valence-electron chi connectivity index (χ0n) is 14.1. The molecule has 0 N–H and O–H groups in total. The number of hydrogen-bond acceptors (Lipinski definition) is 4. The van der Waals surface area contributed by atoms with Gasteiger partial charge < -0.3 is 0 Å². The second kappa shape index (κ2) is 7.17. The van der Waals surface area contributed by atoms with Crippen LogP contribution in [0.1, 0.15) is 61.6 Å². The molecule has 1 aliphatic carbocycles. The molecule has 1 aromatic heterocycles. The first kappa shape index (κ1) is 17.3. The minimum atomic E-state index is -3.31. The number of thiazole rings is 1. The first-order valence-corrected chi connectivity index (χ1v) is 10.9. The lowest BCUT2D eigenvalue weighted by atomic mass is 9.96. The molecule has 130 valence electrons. The average molecular weight is 358 g/mol. The summed E-state index contributed by atoms with van der Waals surface area (Å²) in [6.45, 7) is 3.24. The van der Waals surface area contributed by atoms with Crippen molar-refractivity contribution in [2.24, 2.45) is 0 Å². The van der Waals surface area contributed by atoms with Gasteiger partial charge in [0.25, 0.3) is 10.2 Å². The van der Waals surface area contributed by atoms with E-state index in [0.29, 0.717) is 19.0 Å². The quantitative estimate of drug-likeness (QED) is 0.832. The van der Waals surface area contributed by atoms with Gasteiger partial charge in [-0.25, -0.2) is 4.98 Å². The van der Waals surface area contributed by atoms with Gasteiger partial charge >= 0.3 is 0 Å². The van der Waals surface area contributed by atoms with Crippen LogP contribution in [-0.4, -0.2) is 48.2 Å². The Labute approximate surface area is 143 Å². The van der Waals surface area contributed by atoms with E-state index >= 15 is 0 Å². The summed E-state index contributed by atoms with van der Waals surface area (Å²) in [6.07, 6.45) is 7.31. The molecule has 1 aliphatic heterocycles. The van der Waals surface area contributed by atoms with Gasteiger partial charge in [0.2, 0.25) is 0 Å². The highest BCUT2D eigenvalue weighted by atomic mass is 32.2. The third-order valence-corrected chi connectivity index (χ3v) is 8.39. The Hall–Kier alpha value is -0.500. The summed E-state index contributed by atoms with van der Waals surface area (Å²) >= 11 is 1.70. The molecule has 1 saturated heterocycles. The van der Waals surface area contributed by atoms with E-state index in [0.717, 1.165) is 44.2 Å². The van der Waals surface area contributed by atoms with E-state index in [4.69, 9.17) is 0 Å². The molecule has 0 bridgehead atoms. The van der Waals surface area contributed by atoms with Gasteiger partial charge in [-0.3, -0.25) is 0 Å². The van der Waals surface area contributed by atoms with Crippen LogP contribution < -0.4 is 0 Å². The van der Waals surface area contributed by atoms with Crippen LogP contribution in [-0.2, 0) is 10.2 Å². The molecule has 2 fully saturated rings. The van der Waals surface area contributed by atoms with Crippen molar-refractivity contribution >= 4 is 21.5 Å². The lowest BCUT2D eigenvalue weighted by Gasteiger charge is -2.37. The fraction of sp³-hybridized carbons (Fsp3) is 0.812. The SMILES string of the molecule is Cc1csc(C2CCN(S(=O)(=O)N(C)C3CCCCC3)CC2)n1. The molecule has 0 radical (unpaired) electrons. The minimum absolute atomic E-state index is 0.188. The Morgan fingerprint density at radius 3 is 2.39 bits per heavy atom. The Kier molecular flexibility index (Phi) is 5.40. The highest BCUT2D eigenvalue weighted by Gasteiger charge is 2.35. The molecule has 0 atom stereocenters. The molecule has 1 saturated carbocycles. The van der Waals surface area contributed by atoms with Crippen LogP contribution in [0.5, 0.6) is 0 Å². The van der Waals surface area contributed by atoms with Crippen LogP contribution in [0, 0.1) is 6.92 Å². The van der Waals surface area contributed by atoms with Crippen LogP contribution in [0.2, 0.25) is 0 Å². The van der Waals surface area contributed by atoms with E-state index in [2.05, 4.69) is 10.4 Å². The smallest absolute Gasteiger partial charge is 0.246 e. The lowest BCUT2D eigenvalue weighted by molar-refractivity contribution is 0.246. The van der Waals surface area contributed by atoms with Crippen molar-refractivity contribution in [3.8, 4) is 0 Å². The summed E-state index contributed by atoms with van der Waals surface area (Å²) in [5.41, 5.74) is 1.07. The Morgan fingerprint density at radius 2 is 1.83 bits per heavy atom. The van der Waals surface area contributed by atoms with E-state index in [1.54, 1.807) is 27.0 Å². The standard InChI is InChI=1S/C16H27N3O2S2/c1-13-12-22-16(17-13)14-8-10-19(11-9-14)23(20,21)18(2)15-6-4-3-5-7-15/h12,14-15H,3-11H2,1-2H3. The Morgan fingerprint density at radius 1 is 1.17 bits per heavy atom. The molecule has 2 heterocycles. The van der Waals surface area contributed by atoms with E-state index in [-0.39, 0.29) is 6.04 Å². The van der Waals surface area contributed by atoms with Crippen LogP contribution in [0.3, 0.4) is 0 Å². The van der Waals surface area contributed by atoms with Gasteiger partial charge in [0.15, 0.2) is 0 Å². The molecule has 0 amide bonds. The van der Waals surface area contributed by atoms with Crippen LogP contribution in [0.15, 0.2) is 5.38 Å². The van der Waals surface area contributed by atoms with Gasteiger partial charge in [0.1, 0.15) is 0 Å². The molecular weight excluding hydrogens is 330 g/mol. The van der Waals surface area contributed by atoms with Gasteiger partial charge in [-0.2, -0.15) is 17.0 Å². The third-order valence-electron chi connectivity index (χ3n) is 5.22. The fourth-order valence-electron chi connectivity index (χ4n) is 3.71. The van der Waals surface area contributed by atoms with Crippen LogP contribution in [0.25, 0.3) is 0 Å². The van der Waals surface area contributed by atoms with Crippen molar-refractivity contribution in [3.63, 3.8) is 0 Å². The molecule has 5 nitrogen and oxygen atoms in total. The van der Waals surface area contributed by atoms with Gasteiger partial charge in [-0.05, 0) is 32.6 Å². The Bertz CT molecular complexity index is 615. The second-order valence-corrected chi connectivity index (χ2v) is 9.69.